The van der Waals surface area contributed by atoms with Gasteiger partial charge in [-0.15, -0.1) is 11.3 Å². The van der Waals surface area contributed by atoms with Crippen molar-refractivity contribution >= 4 is 63.1 Å². The Labute approximate surface area is 152 Å². The minimum Gasteiger partial charge on any atom is -0.460 e. The van der Waals surface area contributed by atoms with Crippen LogP contribution in [0, 0.1) is 11.8 Å². The third kappa shape index (κ3) is 5.21. The van der Waals surface area contributed by atoms with Crippen molar-refractivity contribution < 1.29 is 14.3 Å². The lowest BCUT2D eigenvalue weighted by Crippen LogP contribution is -2.35. The summed E-state index contributed by atoms with van der Waals surface area (Å²) < 4.78 is 4.94. The molecule has 0 bridgehead atoms. The second-order valence-electron chi connectivity index (χ2n) is 4.76. The normalized spacial score (nSPS) is 20.0. The number of amides is 1. The molecule has 1 aromatic heterocycles. The van der Waals surface area contributed by atoms with Crippen LogP contribution in [0.1, 0.15) is 12.8 Å². The molecule has 1 aliphatic rings. The molecule has 2 rings (SSSR count). The maximum absolute atomic E-state index is 12.4. The summed E-state index contributed by atoms with van der Waals surface area (Å²) in [5.41, 5.74) is 0. The van der Waals surface area contributed by atoms with Crippen molar-refractivity contribution in [2.45, 2.75) is 12.8 Å². The first kappa shape index (κ1) is 18.3. The van der Waals surface area contributed by atoms with E-state index in [0.29, 0.717) is 18.0 Å². The molecule has 1 aliphatic carbocycles. The van der Waals surface area contributed by atoms with Crippen molar-refractivity contribution in [3.8, 4) is 0 Å². The molecule has 0 fully saturated rings. The minimum atomic E-state index is -0.585. The average Bonchev–Trinajstić information content (AvgIpc) is 3.05. The molecule has 9 heteroatoms. The molecule has 124 valence electrons. The van der Waals surface area contributed by atoms with E-state index in [1.807, 2.05) is 12.2 Å². The molecule has 1 heterocycles. The summed E-state index contributed by atoms with van der Waals surface area (Å²) >= 11 is 18.0. The smallest absolute Gasteiger partial charge is 0.310 e. The highest BCUT2D eigenvalue weighted by molar-refractivity contribution is 7.13. The number of hydrogen-bond donors (Lipinski definition) is 1. The van der Waals surface area contributed by atoms with E-state index in [2.05, 4.69) is 10.3 Å². The number of carbonyl (C=O) groups excluding carboxylic acids is 2. The van der Waals surface area contributed by atoms with Gasteiger partial charge < -0.3 is 10.1 Å². The van der Waals surface area contributed by atoms with E-state index in [4.69, 9.17) is 39.5 Å². The Hall–Kier alpha value is -1.08. The highest BCUT2D eigenvalue weighted by atomic mass is 35.5. The van der Waals surface area contributed by atoms with E-state index in [-0.39, 0.29) is 22.0 Å². The maximum Gasteiger partial charge on any atom is 0.310 e. The zero-order valence-electron chi connectivity index (χ0n) is 11.8. The molecule has 0 aromatic carbocycles. The number of ether oxygens (including phenoxy) is 1. The van der Waals surface area contributed by atoms with Crippen LogP contribution in [0.15, 0.2) is 33.3 Å². The first-order valence-electron chi connectivity index (χ1n) is 6.70. The van der Waals surface area contributed by atoms with Crippen LogP contribution in [-0.2, 0) is 14.3 Å². The van der Waals surface area contributed by atoms with E-state index in [0.717, 1.165) is 0 Å². The molecule has 0 aliphatic heterocycles. The fraction of sp³-hybridized carbons (Fsp3) is 0.357. The highest BCUT2D eigenvalue weighted by Crippen LogP contribution is 2.29. The van der Waals surface area contributed by atoms with Crippen LogP contribution in [-0.4, -0.2) is 23.5 Å². The molecule has 2 atom stereocenters. The number of rotatable bonds is 5. The van der Waals surface area contributed by atoms with Crippen molar-refractivity contribution in [1.82, 2.24) is 4.98 Å². The fourth-order valence-corrected chi connectivity index (χ4v) is 2.84. The number of nitrogens with one attached hydrogen (secondary N) is 1. The lowest BCUT2D eigenvalue weighted by atomic mass is 9.82. The number of carbonyl (C=O) groups is 2. The number of allylic oxidation sites excluding steroid dienone is 2. The van der Waals surface area contributed by atoms with E-state index in [1.165, 1.54) is 11.3 Å². The van der Waals surface area contributed by atoms with Crippen molar-refractivity contribution in [3.05, 3.63) is 33.3 Å². The van der Waals surface area contributed by atoms with Crippen molar-refractivity contribution in [2.75, 3.05) is 11.9 Å². The number of anilines is 1. The van der Waals surface area contributed by atoms with Gasteiger partial charge in [0.1, 0.15) is 11.1 Å². The van der Waals surface area contributed by atoms with Gasteiger partial charge >= 0.3 is 5.97 Å². The molecular weight excluding hydrogens is 383 g/mol. The summed E-state index contributed by atoms with van der Waals surface area (Å²) in [5, 5.41) is 5.00. The molecule has 23 heavy (non-hydrogen) atoms. The Morgan fingerprint density at radius 3 is 2.57 bits per heavy atom. The molecule has 5 nitrogen and oxygen atoms in total. The first-order valence-corrected chi connectivity index (χ1v) is 8.72. The van der Waals surface area contributed by atoms with Crippen LogP contribution >= 0.6 is 46.1 Å². The van der Waals surface area contributed by atoms with Gasteiger partial charge in [0.05, 0.1) is 16.9 Å². The summed E-state index contributed by atoms with van der Waals surface area (Å²) in [5.74, 6) is -1.88. The Kier molecular flexibility index (Phi) is 6.89. The number of esters is 1. The molecule has 0 saturated heterocycles. The summed E-state index contributed by atoms with van der Waals surface area (Å²) in [6.07, 6.45) is 6.20. The van der Waals surface area contributed by atoms with Crippen LogP contribution in [0.2, 0.25) is 0 Å². The van der Waals surface area contributed by atoms with E-state index < -0.39 is 17.8 Å². The standard InChI is InChI=1S/C14H13Cl3N2O3S/c15-10(11(16)17)7-22-13(21)9-4-2-1-3-8(9)12(20)19-14-18-5-6-23-14/h1-2,5-6,8-9H,3-4,7H2,(H,18,19,20). The second-order valence-corrected chi connectivity index (χ2v) is 7.06. The quantitative estimate of drug-likeness (QED) is 0.602. The molecule has 1 amide bonds. The van der Waals surface area contributed by atoms with Crippen LogP contribution in [0.5, 0.6) is 0 Å². The van der Waals surface area contributed by atoms with Crippen LogP contribution in [0.25, 0.3) is 0 Å². The van der Waals surface area contributed by atoms with E-state index >= 15 is 0 Å². The van der Waals surface area contributed by atoms with Gasteiger partial charge in [-0.1, -0.05) is 47.0 Å². The van der Waals surface area contributed by atoms with Crippen molar-refractivity contribution in [2.24, 2.45) is 11.8 Å². The van der Waals surface area contributed by atoms with Gasteiger partial charge in [-0.3, -0.25) is 9.59 Å². The van der Waals surface area contributed by atoms with Crippen LogP contribution in [0.3, 0.4) is 0 Å². The fourth-order valence-electron chi connectivity index (χ4n) is 2.14. The summed E-state index contributed by atoms with van der Waals surface area (Å²) in [7, 11) is 0. The van der Waals surface area contributed by atoms with Gasteiger partial charge in [0.2, 0.25) is 5.91 Å². The van der Waals surface area contributed by atoms with Crippen molar-refractivity contribution in [1.29, 1.82) is 0 Å². The third-order valence-corrected chi connectivity index (χ3v) is 4.92. The molecule has 0 spiro atoms. The third-order valence-electron chi connectivity index (χ3n) is 3.28. The second kappa shape index (κ2) is 8.68. The predicted octanol–water partition coefficient (Wildman–Crippen LogP) is 4.09. The predicted molar refractivity (Wildman–Crippen MR) is 91.6 cm³/mol. The lowest BCUT2D eigenvalue weighted by Gasteiger charge is -2.25. The minimum absolute atomic E-state index is 0.0387. The Bertz CT molecular complexity index is 627. The van der Waals surface area contributed by atoms with Crippen LogP contribution in [0.4, 0.5) is 5.13 Å². The Balaban J connectivity index is 2.00. The van der Waals surface area contributed by atoms with Gasteiger partial charge in [-0.25, -0.2) is 4.98 Å². The average molecular weight is 396 g/mol. The SMILES string of the molecule is O=C(Nc1nccs1)C1CC=CCC1C(=O)OCC(Cl)=C(Cl)Cl. The number of hydrogen-bond acceptors (Lipinski definition) is 5. The van der Waals surface area contributed by atoms with Gasteiger partial charge in [-0.2, -0.15) is 0 Å². The molecule has 1 N–H and O–H groups in total. The van der Waals surface area contributed by atoms with Crippen LogP contribution < -0.4 is 5.32 Å². The summed E-state index contributed by atoms with van der Waals surface area (Å²) in [6.45, 7) is -0.218. The molecule has 0 radical (unpaired) electrons. The van der Waals surface area contributed by atoms with Gasteiger partial charge in [0.15, 0.2) is 5.13 Å². The highest BCUT2D eigenvalue weighted by Gasteiger charge is 2.35. The molecule has 0 saturated carbocycles. The number of halogens is 3. The lowest BCUT2D eigenvalue weighted by molar-refractivity contribution is -0.151. The summed E-state index contributed by atoms with van der Waals surface area (Å²) in [6, 6.07) is 0. The van der Waals surface area contributed by atoms with E-state index in [1.54, 1.807) is 11.6 Å². The monoisotopic (exact) mass is 394 g/mol. The van der Waals surface area contributed by atoms with Gasteiger partial charge in [0.25, 0.3) is 0 Å². The summed E-state index contributed by atoms with van der Waals surface area (Å²) in [4.78, 5) is 28.6. The number of aromatic nitrogens is 1. The largest absolute Gasteiger partial charge is 0.460 e. The zero-order valence-corrected chi connectivity index (χ0v) is 14.9. The maximum atomic E-state index is 12.4. The topological polar surface area (TPSA) is 68.3 Å². The number of thiazole rings is 1. The Morgan fingerprint density at radius 1 is 1.26 bits per heavy atom. The zero-order chi connectivity index (χ0) is 16.8. The molecule has 1 aromatic rings. The van der Waals surface area contributed by atoms with Gasteiger partial charge in [-0.05, 0) is 12.8 Å². The molecular formula is C14H13Cl3N2O3S. The van der Waals surface area contributed by atoms with E-state index in [9.17, 15) is 9.59 Å². The van der Waals surface area contributed by atoms with Crippen molar-refractivity contribution in [3.63, 3.8) is 0 Å². The molecule has 2 unspecified atom stereocenters. The Morgan fingerprint density at radius 2 is 1.96 bits per heavy atom. The van der Waals surface area contributed by atoms with Gasteiger partial charge in [0, 0.05) is 11.6 Å². The number of nitrogens with zero attached hydrogens (tertiary/aromatic N) is 1. The first-order chi connectivity index (χ1) is 11.0.